The summed E-state index contributed by atoms with van der Waals surface area (Å²) >= 11 is 5.75. The van der Waals surface area contributed by atoms with Crippen molar-refractivity contribution in [2.75, 3.05) is 0 Å². The van der Waals surface area contributed by atoms with Crippen molar-refractivity contribution >= 4 is 28.6 Å². The maximum atomic E-state index is 14.9. The predicted octanol–water partition coefficient (Wildman–Crippen LogP) is 6.70. The molecular weight excluding hydrogens is 535 g/mol. The molecule has 2 heterocycles. The smallest absolute Gasteiger partial charge is 0.335 e. The van der Waals surface area contributed by atoms with Crippen LogP contribution in [0.4, 0.5) is 13.2 Å². The van der Waals surface area contributed by atoms with E-state index in [9.17, 15) is 23.1 Å². The van der Waals surface area contributed by atoms with Gasteiger partial charge >= 0.3 is 5.97 Å². The van der Waals surface area contributed by atoms with Crippen molar-refractivity contribution in [1.82, 2.24) is 14.5 Å². The van der Waals surface area contributed by atoms with E-state index in [2.05, 4.69) is 9.97 Å². The topological polar surface area (TPSA) is 86.5 Å². The van der Waals surface area contributed by atoms with Crippen molar-refractivity contribution in [3.05, 3.63) is 112 Å². The van der Waals surface area contributed by atoms with Crippen molar-refractivity contribution in [1.29, 1.82) is 0 Å². The van der Waals surface area contributed by atoms with Gasteiger partial charge in [0.1, 0.15) is 23.7 Å². The van der Waals surface area contributed by atoms with Crippen molar-refractivity contribution in [2.45, 2.75) is 13.0 Å². The average molecular weight is 554 g/mol. The number of benzene rings is 3. The Balaban J connectivity index is 1.30. The summed E-state index contributed by atoms with van der Waals surface area (Å²) in [5.41, 5.74) is 1.14. The van der Waals surface area contributed by atoms with Gasteiger partial charge in [-0.1, -0.05) is 17.7 Å². The van der Waals surface area contributed by atoms with E-state index < -0.39 is 23.4 Å². The average Bonchev–Trinajstić information content (AvgIpc) is 3.21. The van der Waals surface area contributed by atoms with Gasteiger partial charge < -0.3 is 19.1 Å². The minimum Gasteiger partial charge on any atom is -0.484 e. The molecule has 0 aliphatic carbocycles. The Hall–Kier alpha value is -4.57. The van der Waals surface area contributed by atoms with Gasteiger partial charge in [-0.25, -0.2) is 22.9 Å². The number of nitrogens with zero attached hydrogens (tertiary/aromatic N) is 3. The SMILES string of the molecule is Cn1c(Cc2ccc(Oc3ccnc(COc4ccc(Cl)cc4F)c3)c(F)c2)nc2c(F)cc(C(=O)O)cc21. The number of halogens is 4. The third-order valence-electron chi connectivity index (χ3n) is 5.92. The summed E-state index contributed by atoms with van der Waals surface area (Å²) in [5.74, 6) is -2.54. The van der Waals surface area contributed by atoms with Crippen LogP contribution in [0.3, 0.4) is 0 Å². The highest BCUT2D eigenvalue weighted by atomic mass is 35.5. The van der Waals surface area contributed by atoms with E-state index in [1.165, 1.54) is 36.5 Å². The molecule has 5 aromatic rings. The van der Waals surface area contributed by atoms with Crippen molar-refractivity contribution < 1.29 is 32.5 Å². The summed E-state index contributed by atoms with van der Waals surface area (Å²) in [6, 6.07) is 13.8. The molecule has 1 N–H and O–H groups in total. The van der Waals surface area contributed by atoms with Crippen LogP contribution in [0.1, 0.15) is 27.4 Å². The zero-order valence-electron chi connectivity index (χ0n) is 20.3. The van der Waals surface area contributed by atoms with Crippen LogP contribution in [0.25, 0.3) is 11.0 Å². The molecule has 0 fully saturated rings. The lowest BCUT2D eigenvalue weighted by molar-refractivity contribution is 0.0696. The molecule has 11 heteroatoms. The Bertz CT molecular complexity index is 1720. The van der Waals surface area contributed by atoms with Crippen LogP contribution in [-0.2, 0) is 20.1 Å². The van der Waals surface area contributed by atoms with E-state index in [4.69, 9.17) is 21.1 Å². The van der Waals surface area contributed by atoms with Gasteiger partial charge in [0, 0.05) is 30.8 Å². The van der Waals surface area contributed by atoms with Gasteiger partial charge in [0.2, 0.25) is 0 Å². The summed E-state index contributed by atoms with van der Waals surface area (Å²) in [4.78, 5) is 19.7. The standard InChI is InChI=1S/C28H19ClF3N3O4/c1-35-23-11-16(28(36)37)10-22(32)27(23)34-26(35)9-15-2-4-25(20(30)8-15)39-19-6-7-33-18(13-19)14-38-24-5-3-17(29)12-21(24)31/h2-8,10-13H,9,14H2,1H3,(H,36,37). The van der Waals surface area contributed by atoms with Crippen LogP contribution in [0, 0.1) is 17.5 Å². The minimum atomic E-state index is -1.25. The van der Waals surface area contributed by atoms with Crippen molar-refractivity contribution in [2.24, 2.45) is 7.05 Å². The van der Waals surface area contributed by atoms with E-state index in [-0.39, 0.29) is 40.6 Å². The lowest BCUT2D eigenvalue weighted by Gasteiger charge is -2.11. The quantitative estimate of drug-likeness (QED) is 0.230. The number of carboxylic acids is 1. The van der Waals surface area contributed by atoms with Crippen molar-refractivity contribution in [3.63, 3.8) is 0 Å². The first-order valence-corrected chi connectivity index (χ1v) is 11.9. The number of hydrogen-bond acceptors (Lipinski definition) is 5. The van der Waals surface area contributed by atoms with Crippen LogP contribution >= 0.6 is 11.6 Å². The maximum absolute atomic E-state index is 14.9. The molecule has 39 heavy (non-hydrogen) atoms. The van der Waals surface area contributed by atoms with E-state index >= 15 is 0 Å². The number of aryl methyl sites for hydroxylation is 1. The van der Waals surface area contributed by atoms with Crippen LogP contribution in [0.5, 0.6) is 17.2 Å². The molecule has 0 spiro atoms. The fraction of sp³-hybridized carbons (Fsp3) is 0.107. The number of fused-ring (bicyclic) bond motifs is 1. The minimum absolute atomic E-state index is 0.0137. The summed E-state index contributed by atoms with van der Waals surface area (Å²) in [6.07, 6.45) is 1.63. The Kier molecular flexibility index (Phi) is 7.12. The first kappa shape index (κ1) is 26.1. The molecular formula is C28H19ClF3N3O4. The van der Waals surface area contributed by atoms with Gasteiger partial charge in [-0.15, -0.1) is 0 Å². The number of carboxylic acid groups (broad SMARTS) is 1. The number of pyridine rings is 1. The van der Waals surface area contributed by atoms with Crippen molar-refractivity contribution in [3.8, 4) is 17.2 Å². The molecule has 5 rings (SSSR count). The number of rotatable bonds is 8. The summed E-state index contributed by atoms with van der Waals surface area (Å²) in [5, 5.41) is 9.44. The largest absolute Gasteiger partial charge is 0.484 e. The van der Waals surface area contributed by atoms with E-state index in [0.29, 0.717) is 28.3 Å². The van der Waals surface area contributed by atoms with E-state index in [0.717, 1.165) is 12.1 Å². The number of ether oxygens (including phenoxy) is 2. The molecule has 0 atom stereocenters. The van der Waals surface area contributed by atoms with Crippen LogP contribution < -0.4 is 9.47 Å². The molecule has 0 saturated heterocycles. The molecule has 0 unspecified atom stereocenters. The molecule has 0 aliphatic heterocycles. The zero-order valence-corrected chi connectivity index (χ0v) is 21.0. The molecule has 0 saturated carbocycles. The lowest BCUT2D eigenvalue weighted by atomic mass is 10.1. The first-order valence-electron chi connectivity index (χ1n) is 11.5. The van der Waals surface area contributed by atoms with E-state index in [1.54, 1.807) is 29.8 Å². The molecule has 0 aliphatic rings. The fourth-order valence-electron chi connectivity index (χ4n) is 3.96. The van der Waals surface area contributed by atoms with Gasteiger partial charge in [-0.2, -0.15) is 0 Å². The molecule has 198 valence electrons. The molecule has 2 aromatic heterocycles. The Morgan fingerprint density at radius 2 is 1.74 bits per heavy atom. The normalized spacial score (nSPS) is 11.1. The fourth-order valence-corrected chi connectivity index (χ4v) is 4.12. The molecule has 0 bridgehead atoms. The number of imidazole rings is 1. The van der Waals surface area contributed by atoms with Gasteiger partial charge in [0.25, 0.3) is 0 Å². The Labute approximate surface area is 225 Å². The molecule has 0 radical (unpaired) electrons. The van der Waals surface area contributed by atoms with Gasteiger partial charge in [0.05, 0.1) is 16.8 Å². The summed E-state index contributed by atoms with van der Waals surface area (Å²) in [6.45, 7) is -0.0518. The van der Waals surface area contributed by atoms with Crippen LogP contribution in [0.15, 0.2) is 66.9 Å². The number of hydrogen-bond donors (Lipinski definition) is 1. The number of aromatic nitrogens is 3. The lowest BCUT2D eigenvalue weighted by Crippen LogP contribution is -2.01. The summed E-state index contributed by atoms with van der Waals surface area (Å²) < 4.78 is 56.0. The highest BCUT2D eigenvalue weighted by Gasteiger charge is 2.17. The first-order chi connectivity index (χ1) is 18.7. The van der Waals surface area contributed by atoms with Gasteiger partial charge in [-0.3, -0.25) is 4.98 Å². The maximum Gasteiger partial charge on any atom is 0.335 e. The number of carbonyl (C=O) groups is 1. The monoisotopic (exact) mass is 553 g/mol. The second-order valence-electron chi connectivity index (χ2n) is 8.61. The third-order valence-corrected chi connectivity index (χ3v) is 6.16. The highest BCUT2D eigenvalue weighted by molar-refractivity contribution is 6.30. The molecule has 7 nitrogen and oxygen atoms in total. The predicted molar refractivity (Wildman–Crippen MR) is 137 cm³/mol. The van der Waals surface area contributed by atoms with Gasteiger partial charge in [0.15, 0.2) is 29.0 Å². The van der Waals surface area contributed by atoms with E-state index in [1.807, 2.05) is 0 Å². The second kappa shape index (κ2) is 10.7. The Morgan fingerprint density at radius 1 is 0.974 bits per heavy atom. The third kappa shape index (κ3) is 5.65. The zero-order chi connectivity index (χ0) is 27.7. The summed E-state index contributed by atoms with van der Waals surface area (Å²) in [7, 11) is 1.63. The van der Waals surface area contributed by atoms with Crippen LogP contribution in [-0.4, -0.2) is 25.6 Å². The number of aromatic carboxylic acids is 1. The Morgan fingerprint density at radius 3 is 2.49 bits per heavy atom. The highest BCUT2D eigenvalue weighted by Crippen LogP contribution is 2.28. The molecule has 3 aromatic carbocycles. The second-order valence-corrected chi connectivity index (χ2v) is 9.04. The van der Waals surface area contributed by atoms with Crippen LogP contribution in [0.2, 0.25) is 5.02 Å². The van der Waals surface area contributed by atoms with Gasteiger partial charge in [-0.05, 0) is 54.1 Å². The molecule has 0 amide bonds.